The minimum atomic E-state index is 0.986. The van der Waals surface area contributed by atoms with Gasteiger partial charge in [0.2, 0.25) is 0 Å². The first-order valence-electron chi connectivity index (χ1n) is 3.90. The van der Waals surface area contributed by atoms with Gasteiger partial charge in [-0.15, -0.1) is 22.7 Å². The highest BCUT2D eigenvalue weighted by Crippen LogP contribution is 2.03. The molecule has 0 aliphatic carbocycles. The van der Waals surface area contributed by atoms with E-state index in [1.165, 1.54) is 0 Å². The zero-order chi connectivity index (χ0) is 10.2. The Hall–Kier alpha value is -1.26. The molecule has 0 bridgehead atoms. The maximum atomic E-state index is 3.94. The van der Waals surface area contributed by atoms with Crippen LogP contribution in [0.25, 0.3) is 12.2 Å². The minimum absolute atomic E-state index is 0.986. The van der Waals surface area contributed by atoms with E-state index in [0.29, 0.717) is 0 Å². The molecule has 0 spiro atoms. The van der Waals surface area contributed by atoms with E-state index in [1.807, 2.05) is 10.8 Å². The van der Waals surface area contributed by atoms with E-state index < -0.39 is 0 Å². The fourth-order valence-corrected chi connectivity index (χ4v) is 1.63. The third-order valence-corrected chi connectivity index (χ3v) is 2.79. The highest BCUT2D eigenvalue weighted by Gasteiger charge is 1.81. The van der Waals surface area contributed by atoms with Gasteiger partial charge in [0, 0.05) is 23.2 Å². The molecule has 2 heterocycles. The maximum absolute atomic E-state index is 3.94. The Balaban J connectivity index is 0.000000140. The lowest BCUT2D eigenvalue weighted by molar-refractivity contribution is 1.40. The van der Waals surface area contributed by atoms with Crippen LogP contribution in [0.5, 0.6) is 0 Å². The molecule has 0 aromatic carbocycles. The van der Waals surface area contributed by atoms with Crippen molar-refractivity contribution >= 4 is 34.8 Å². The molecule has 0 atom stereocenters. The second kappa shape index (κ2) is 6.23. The molecule has 0 radical (unpaired) electrons. The van der Waals surface area contributed by atoms with Crippen molar-refractivity contribution in [3.63, 3.8) is 0 Å². The van der Waals surface area contributed by atoms with Crippen LogP contribution in [0.15, 0.2) is 36.3 Å². The molecule has 14 heavy (non-hydrogen) atoms. The van der Waals surface area contributed by atoms with Crippen LogP contribution in [-0.2, 0) is 0 Å². The molecule has 0 saturated heterocycles. The Kier molecular flexibility index (Phi) is 4.82. The van der Waals surface area contributed by atoms with Crippen molar-refractivity contribution in [2.24, 2.45) is 0 Å². The summed E-state index contributed by atoms with van der Waals surface area (Å²) in [5.41, 5.74) is 0. The van der Waals surface area contributed by atoms with Gasteiger partial charge in [0.1, 0.15) is 10.0 Å². The molecule has 0 unspecified atom stereocenters. The van der Waals surface area contributed by atoms with Crippen molar-refractivity contribution in [2.75, 3.05) is 0 Å². The van der Waals surface area contributed by atoms with E-state index in [1.54, 1.807) is 47.2 Å². The second-order valence-corrected chi connectivity index (χ2v) is 4.00. The van der Waals surface area contributed by atoms with Crippen LogP contribution in [0.3, 0.4) is 0 Å². The van der Waals surface area contributed by atoms with Gasteiger partial charge in [0.25, 0.3) is 0 Å². The van der Waals surface area contributed by atoms with Gasteiger partial charge in [0.05, 0.1) is 0 Å². The van der Waals surface area contributed by atoms with E-state index in [2.05, 4.69) is 23.1 Å². The van der Waals surface area contributed by atoms with Gasteiger partial charge < -0.3 is 0 Å². The molecule has 2 aromatic rings. The van der Waals surface area contributed by atoms with E-state index in [9.17, 15) is 0 Å². The molecule has 4 heteroatoms. The molecule has 0 fully saturated rings. The molecule has 72 valence electrons. The summed E-state index contributed by atoms with van der Waals surface area (Å²) in [7, 11) is 0. The van der Waals surface area contributed by atoms with Gasteiger partial charge >= 0.3 is 0 Å². The maximum Gasteiger partial charge on any atom is 0.115 e. The molecule has 0 N–H and O–H groups in total. The van der Waals surface area contributed by atoms with E-state index in [0.717, 1.165) is 10.0 Å². The van der Waals surface area contributed by atoms with Crippen molar-refractivity contribution in [3.05, 3.63) is 46.3 Å². The van der Waals surface area contributed by atoms with Crippen LogP contribution in [0, 0.1) is 0 Å². The predicted octanol–water partition coefficient (Wildman–Crippen LogP) is 3.57. The molecule has 2 rings (SSSR count). The summed E-state index contributed by atoms with van der Waals surface area (Å²) >= 11 is 3.19. The SMILES string of the molecule is C=Cc1nccs1.C=Cc1nccs1. The Labute approximate surface area is 91.3 Å². The van der Waals surface area contributed by atoms with Crippen molar-refractivity contribution in [1.29, 1.82) is 0 Å². The van der Waals surface area contributed by atoms with E-state index in [-0.39, 0.29) is 0 Å². The summed E-state index contributed by atoms with van der Waals surface area (Å²) in [6.07, 6.45) is 7.01. The zero-order valence-electron chi connectivity index (χ0n) is 7.59. The molecule has 2 aromatic heterocycles. The van der Waals surface area contributed by atoms with Crippen LogP contribution >= 0.6 is 22.7 Å². The van der Waals surface area contributed by atoms with Crippen molar-refractivity contribution in [3.8, 4) is 0 Å². The summed E-state index contributed by atoms with van der Waals surface area (Å²) in [6, 6.07) is 0. The van der Waals surface area contributed by atoms with Gasteiger partial charge in [-0.05, 0) is 12.2 Å². The Morgan fingerprint density at radius 1 is 0.929 bits per heavy atom. The van der Waals surface area contributed by atoms with Crippen LogP contribution < -0.4 is 0 Å². The second-order valence-electron chi connectivity index (χ2n) is 2.15. The van der Waals surface area contributed by atoms with Gasteiger partial charge in [-0.1, -0.05) is 13.2 Å². The molecule has 0 aliphatic rings. The van der Waals surface area contributed by atoms with Crippen LogP contribution in [0.4, 0.5) is 0 Å². The lowest BCUT2D eigenvalue weighted by Gasteiger charge is -1.70. The number of rotatable bonds is 2. The quantitative estimate of drug-likeness (QED) is 0.776. The van der Waals surface area contributed by atoms with Gasteiger partial charge in [-0.2, -0.15) is 0 Å². The van der Waals surface area contributed by atoms with Crippen LogP contribution in [-0.4, -0.2) is 9.97 Å². The smallest absolute Gasteiger partial charge is 0.115 e. The Morgan fingerprint density at radius 2 is 1.36 bits per heavy atom. The van der Waals surface area contributed by atoms with E-state index in [4.69, 9.17) is 0 Å². The summed E-state index contributed by atoms with van der Waals surface area (Å²) in [5, 5.41) is 5.83. The van der Waals surface area contributed by atoms with Gasteiger partial charge in [-0.25, -0.2) is 9.97 Å². The number of thiazole rings is 2. The van der Waals surface area contributed by atoms with Crippen molar-refractivity contribution < 1.29 is 0 Å². The summed E-state index contributed by atoms with van der Waals surface area (Å²) in [4.78, 5) is 7.87. The fraction of sp³-hybridized carbons (Fsp3) is 0. The van der Waals surface area contributed by atoms with Crippen LogP contribution in [0.2, 0.25) is 0 Å². The number of aromatic nitrogens is 2. The van der Waals surface area contributed by atoms with Gasteiger partial charge in [-0.3, -0.25) is 0 Å². The van der Waals surface area contributed by atoms with Crippen molar-refractivity contribution in [2.45, 2.75) is 0 Å². The summed E-state index contributed by atoms with van der Waals surface area (Å²) in [6.45, 7) is 7.10. The number of hydrogen-bond acceptors (Lipinski definition) is 4. The normalized spacial score (nSPS) is 8.57. The first-order chi connectivity index (χ1) is 6.86. The fourth-order valence-electron chi connectivity index (χ4n) is 0.671. The summed E-state index contributed by atoms with van der Waals surface area (Å²) in [5.74, 6) is 0. The molecule has 2 nitrogen and oxygen atoms in total. The third kappa shape index (κ3) is 3.64. The average Bonchev–Trinajstić information content (AvgIpc) is 2.92. The largest absolute Gasteiger partial charge is 0.245 e. The highest BCUT2D eigenvalue weighted by molar-refractivity contribution is 7.10. The Morgan fingerprint density at radius 3 is 1.50 bits per heavy atom. The predicted molar refractivity (Wildman–Crippen MR) is 64.4 cm³/mol. The topological polar surface area (TPSA) is 25.8 Å². The standard InChI is InChI=1S/2C5H5NS/c2*1-2-5-6-3-4-7-5/h2*2-4H,1H2. The third-order valence-electron chi connectivity index (χ3n) is 1.25. The lowest BCUT2D eigenvalue weighted by atomic mass is 10.7. The Bertz CT molecular complexity index is 324. The highest BCUT2D eigenvalue weighted by atomic mass is 32.1. The summed E-state index contributed by atoms with van der Waals surface area (Å²) < 4.78 is 0. The molecule has 0 aliphatic heterocycles. The van der Waals surface area contributed by atoms with Gasteiger partial charge in [0.15, 0.2) is 0 Å². The first kappa shape index (κ1) is 10.8. The molecule has 0 amide bonds. The number of nitrogens with zero attached hydrogens (tertiary/aromatic N) is 2. The number of hydrogen-bond donors (Lipinski definition) is 0. The minimum Gasteiger partial charge on any atom is -0.245 e. The average molecular weight is 222 g/mol. The van der Waals surface area contributed by atoms with Crippen molar-refractivity contribution in [1.82, 2.24) is 9.97 Å². The van der Waals surface area contributed by atoms with Crippen LogP contribution in [0.1, 0.15) is 10.0 Å². The monoisotopic (exact) mass is 222 g/mol. The molecular formula is C10H10N2S2. The lowest BCUT2D eigenvalue weighted by Crippen LogP contribution is -1.58. The first-order valence-corrected chi connectivity index (χ1v) is 5.66. The molecular weight excluding hydrogens is 212 g/mol. The van der Waals surface area contributed by atoms with E-state index >= 15 is 0 Å². The molecule has 0 saturated carbocycles. The zero-order valence-corrected chi connectivity index (χ0v) is 9.22.